The van der Waals surface area contributed by atoms with Gasteiger partial charge in [0.05, 0.1) is 6.61 Å². The van der Waals surface area contributed by atoms with E-state index in [0.29, 0.717) is 0 Å². The summed E-state index contributed by atoms with van der Waals surface area (Å²) in [5, 5.41) is 9.23. The van der Waals surface area contributed by atoms with Crippen LogP contribution < -0.4 is 4.90 Å². The molecule has 1 N–H and O–H groups in total. The molecule has 78 valence electrons. The summed E-state index contributed by atoms with van der Waals surface area (Å²) >= 11 is 0. The maximum Gasteiger partial charge on any atom is 0.0702 e. The zero-order valence-corrected chi connectivity index (χ0v) is 9.25. The number of aliphatic hydroxyl groups is 1. The Morgan fingerprint density at radius 2 is 1.86 bits per heavy atom. The van der Waals surface area contributed by atoms with Gasteiger partial charge in [0.1, 0.15) is 0 Å². The fourth-order valence-corrected chi connectivity index (χ4v) is 1.82. The lowest BCUT2D eigenvalue weighted by Gasteiger charge is -2.20. The van der Waals surface area contributed by atoms with Crippen molar-refractivity contribution in [3.8, 4) is 0 Å². The molecule has 0 saturated carbocycles. The third-order valence-corrected chi connectivity index (χ3v) is 2.34. The topological polar surface area (TPSA) is 23.5 Å². The van der Waals surface area contributed by atoms with Gasteiger partial charge in [-0.2, -0.15) is 0 Å². The average Bonchev–Trinajstić information content (AvgIpc) is 2.17. The van der Waals surface area contributed by atoms with Crippen molar-refractivity contribution in [2.45, 2.75) is 26.4 Å². The molecule has 0 unspecified atom stereocenters. The molecule has 14 heavy (non-hydrogen) atoms. The van der Waals surface area contributed by atoms with Gasteiger partial charge in [0.15, 0.2) is 0 Å². The number of rotatable bonds is 4. The van der Waals surface area contributed by atoms with E-state index in [1.54, 1.807) is 0 Å². The molecule has 2 nitrogen and oxygen atoms in total. The Hall–Kier alpha value is -1.02. The predicted octanol–water partition coefficient (Wildman–Crippen LogP) is 2.20. The van der Waals surface area contributed by atoms with Gasteiger partial charge < -0.3 is 10.0 Å². The standard InChI is InChI=1S/C12H19NO/c1-4-6-10-7-5-8-11(9-14)12(10)13(2)3/h5,7-8,14H,4,6,9H2,1-3H3. The van der Waals surface area contributed by atoms with E-state index in [9.17, 15) is 5.11 Å². The molecule has 0 saturated heterocycles. The Bertz CT molecular complexity index is 294. The highest BCUT2D eigenvalue weighted by molar-refractivity contribution is 5.58. The molecule has 0 amide bonds. The number of hydrogen-bond acceptors (Lipinski definition) is 2. The van der Waals surface area contributed by atoms with Crippen LogP contribution in [-0.2, 0) is 13.0 Å². The van der Waals surface area contributed by atoms with E-state index in [-0.39, 0.29) is 6.61 Å². The van der Waals surface area contributed by atoms with Gasteiger partial charge in [-0.05, 0) is 12.0 Å². The molecule has 0 radical (unpaired) electrons. The first-order valence-corrected chi connectivity index (χ1v) is 5.09. The summed E-state index contributed by atoms with van der Waals surface area (Å²) in [5.74, 6) is 0. The largest absolute Gasteiger partial charge is 0.392 e. The minimum absolute atomic E-state index is 0.116. The van der Waals surface area contributed by atoms with Crippen LogP contribution in [0, 0.1) is 0 Å². The van der Waals surface area contributed by atoms with Gasteiger partial charge in [-0.3, -0.25) is 0 Å². The summed E-state index contributed by atoms with van der Waals surface area (Å²) in [6, 6.07) is 6.13. The van der Waals surface area contributed by atoms with Gasteiger partial charge in [0.2, 0.25) is 0 Å². The second-order valence-electron chi connectivity index (χ2n) is 3.73. The molecular weight excluding hydrogens is 174 g/mol. The van der Waals surface area contributed by atoms with Crippen LogP contribution in [0.15, 0.2) is 18.2 Å². The normalized spacial score (nSPS) is 10.3. The third-order valence-electron chi connectivity index (χ3n) is 2.34. The first-order valence-electron chi connectivity index (χ1n) is 5.09. The Morgan fingerprint density at radius 3 is 2.36 bits per heavy atom. The number of aryl methyl sites for hydroxylation is 1. The molecule has 2 heteroatoms. The molecule has 1 aromatic rings. The van der Waals surface area contributed by atoms with Crippen molar-refractivity contribution in [2.75, 3.05) is 19.0 Å². The fourth-order valence-electron chi connectivity index (χ4n) is 1.82. The van der Waals surface area contributed by atoms with E-state index in [1.165, 1.54) is 11.3 Å². The van der Waals surface area contributed by atoms with Crippen LogP contribution in [0.1, 0.15) is 24.5 Å². The summed E-state index contributed by atoms with van der Waals surface area (Å²) in [7, 11) is 4.04. The maximum atomic E-state index is 9.23. The molecular formula is C12H19NO. The van der Waals surface area contributed by atoms with Crippen molar-refractivity contribution in [3.63, 3.8) is 0 Å². The van der Waals surface area contributed by atoms with E-state index in [2.05, 4.69) is 17.9 Å². The smallest absolute Gasteiger partial charge is 0.0702 e. The van der Waals surface area contributed by atoms with Gasteiger partial charge in [0.25, 0.3) is 0 Å². The summed E-state index contributed by atoms with van der Waals surface area (Å²) in [6.45, 7) is 2.29. The molecule has 0 fully saturated rings. The van der Waals surface area contributed by atoms with Crippen molar-refractivity contribution in [3.05, 3.63) is 29.3 Å². The van der Waals surface area contributed by atoms with Crippen LogP contribution in [-0.4, -0.2) is 19.2 Å². The van der Waals surface area contributed by atoms with Crippen molar-refractivity contribution >= 4 is 5.69 Å². The molecule has 0 heterocycles. The first-order chi connectivity index (χ1) is 6.70. The van der Waals surface area contributed by atoms with Crippen molar-refractivity contribution in [1.29, 1.82) is 0 Å². The second-order valence-corrected chi connectivity index (χ2v) is 3.73. The van der Waals surface area contributed by atoms with Crippen LogP contribution in [0.4, 0.5) is 5.69 Å². The molecule has 0 aromatic heterocycles. The highest BCUT2D eigenvalue weighted by Gasteiger charge is 2.08. The Morgan fingerprint density at radius 1 is 1.21 bits per heavy atom. The number of benzene rings is 1. The number of aliphatic hydroxyl groups excluding tert-OH is 1. The van der Waals surface area contributed by atoms with Crippen molar-refractivity contribution in [1.82, 2.24) is 0 Å². The lowest BCUT2D eigenvalue weighted by Crippen LogP contribution is -2.14. The fraction of sp³-hybridized carbons (Fsp3) is 0.500. The van der Waals surface area contributed by atoms with E-state index in [0.717, 1.165) is 18.4 Å². The summed E-state index contributed by atoms with van der Waals surface area (Å²) in [5.41, 5.74) is 3.52. The zero-order chi connectivity index (χ0) is 10.6. The quantitative estimate of drug-likeness (QED) is 0.792. The molecule has 0 aliphatic rings. The molecule has 0 aliphatic heterocycles. The average molecular weight is 193 g/mol. The van der Waals surface area contributed by atoms with Crippen LogP contribution in [0.5, 0.6) is 0 Å². The van der Waals surface area contributed by atoms with Gasteiger partial charge in [-0.25, -0.2) is 0 Å². The highest BCUT2D eigenvalue weighted by Crippen LogP contribution is 2.25. The van der Waals surface area contributed by atoms with E-state index in [4.69, 9.17) is 0 Å². The number of nitrogens with zero attached hydrogens (tertiary/aromatic N) is 1. The van der Waals surface area contributed by atoms with Crippen LogP contribution in [0.25, 0.3) is 0 Å². The second kappa shape index (κ2) is 5.01. The first kappa shape index (κ1) is 11.1. The third kappa shape index (κ3) is 2.26. The summed E-state index contributed by atoms with van der Waals surface area (Å²) < 4.78 is 0. The summed E-state index contributed by atoms with van der Waals surface area (Å²) in [4.78, 5) is 2.08. The number of hydrogen-bond donors (Lipinski definition) is 1. The van der Waals surface area contributed by atoms with E-state index >= 15 is 0 Å². The Balaban J connectivity index is 3.14. The van der Waals surface area contributed by atoms with Crippen molar-refractivity contribution in [2.24, 2.45) is 0 Å². The minimum atomic E-state index is 0.116. The molecule has 1 rings (SSSR count). The van der Waals surface area contributed by atoms with Crippen molar-refractivity contribution < 1.29 is 5.11 Å². The molecule has 0 aliphatic carbocycles. The zero-order valence-electron chi connectivity index (χ0n) is 9.25. The molecule has 0 atom stereocenters. The lowest BCUT2D eigenvalue weighted by atomic mass is 10.0. The monoisotopic (exact) mass is 193 g/mol. The highest BCUT2D eigenvalue weighted by atomic mass is 16.3. The van der Waals surface area contributed by atoms with Gasteiger partial charge in [0, 0.05) is 25.3 Å². The SMILES string of the molecule is CCCc1cccc(CO)c1N(C)C. The maximum absolute atomic E-state index is 9.23. The van der Waals surface area contributed by atoms with Crippen LogP contribution in [0.3, 0.4) is 0 Å². The lowest BCUT2D eigenvalue weighted by molar-refractivity contribution is 0.282. The van der Waals surface area contributed by atoms with E-state index in [1.807, 2.05) is 26.2 Å². The molecule has 1 aromatic carbocycles. The minimum Gasteiger partial charge on any atom is -0.392 e. The van der Waals surface area contributed by atoms with Gasteiger partial charge >= 0.3 is 0 Å². The van der Waals surface area contributed by atoms with Crippen LogP contribution >= 0.6 is 0 Å². The van der Waals surface area contributed by atoms with Gasteiger partial charge in [-0.1, -0.05) is 31.5 Å². The van der Waals surface area contributed by atoms with E-state index < -0.39 is 0 Å². The predicted molar refractivity (Wildman–Crippen MR) is 60.7 cm³/mol. The number of para-hydroxylation sites is 1. The van der Waals surface area contributed by atoms with Gasteiger partial charge in [-0.15, -0.1) is 0 Å². The van der Waals surface area contributed by atoms with Crippen LogP contribution in [0.2, 0.25) is 0 Å². The Labute approximate surface area is 86.2 Å². The molecule has 0 spiro atoms. The number of anilines is 1. The Kier molecular flexibility index (Phi) is 3.96. The summed E-state index contributed by atoms with van der Waals surface area (Å²) in [6.07, 6.45) is 2.21. The molecule has 0 bridgehead atoms.